The number of aryl methyl sites for hydroxylation is 2. The third kappa shape index (κ3) is 4.49. The summed E-state index contributed by atoms with van der Waals surface area (Å²) in [5.74, 6) is 1.80. The highest BCUT2D eigenvalue weighted by atomic mass is 32.2. The normalized spacial score (nSPS) is 15.7. The SMILES string of the molecule is CCn1nc(C)cc1C(=O)NCC(=O)NC1CCSCC1. The van der Waals surface area contributed by atoms with Crippen molar-refractivity contribution in [3.8, 4) is 0 Å². The van der Waals surface area contributed by atoms with Gasteiger partial charge >= 0.3 is 0 Å². The Hall–Kier alpha value is -1.50. The summed E-state index contributed by atoms with van der Waals surface area (Å²) in [6, 6.07) is 1.98. The van der Waals surface area contributed by atoms with Crippen molar-refractivity contribution in [1.29, 1.82) is 0 Å². The summed E-state index contributed by atoms with van der Waals surface area (Å²) >= 11 is 1.92. The highest BCUT2D eigenvalue weighted by Gasteiger charge is 2.17. The lowest BCUT2D eigenvalue weighted by Crippen LogP contribution is -2.43. The van der Waals surface area contributed by atoms with Crippen molar-refractivity contribution in [2.45, 2.75) is 39.3 Å². The molecule has 0 unspecified atom stereocenters. The van der Waals surface area contributed by atoms with Crippen LogP contribution in [-0.4, -0.2) is 45.7 Å². The van der Waals surface area contributed by atoms with Gasteiger partial charge in [0.05, 0.1) is 12.2 Å². The fourth-order valence-electron chi connectivity index (χ4n) is 2.34. The summed E-state index contributed by atoms with van der Waals surface area (Å²) in [5, 5.41) is 9.85. The molecule has 21 heavy (non-hydrogen) atoms. The zero-order valence-electron chi connectivity index (χ0n) is 12.5. The average molecular weight is 310 g/mol. The van der Waals surface area contributed by atoms with E-state index >= 15 is 0 Å². The van der Waals surface area contributed by atoms with Crippen LogP contribution in [0.25, 0.3) is 0 Å². The molecular weight excluding hydrogens is 288 g/mol. The molecule has 2 amide bonds. The van der Waals surface area contributed by atoms with Crippen LogP contribution in [0.4, 0.5) is 0 Å². The number of carbonyl (C=O) groups excluding carboxylic acids is 2. The Morgan fingerprint density at radius 1 is 1.43 bits per heavy atom. The second-order valence-corrected chi connectivity index (χ2v) is 6.35. The summed E-state index contributed by atoms with van der Waals surface area (Å²) in [5.41, 5.74) is 1.29. The molecule has 2 N–H and O–H groups in total. The maximum absolute atomic E-state index is 12.1. The van der Waals surface area contributed by atoms with Crippen LogP contribution in [0, 0.1) is 6.92 Å². The highest BCUT2D eigenvalue weighted by Crippen LogP contribution is 2.16. The zero-order chi connectivity index (χ0) is 15.2. The molecule has 2 heterocycles. The second kappa shape index (κ2) is 7.49. The first-order valence-corrected chi connectivity index (χ1v) is 8.45. The van der Waals surface area contributed by atoms with Crippen molar-refractivity contribution in [3.05, 3.63) is 17.5 Å². The summed E-state index contributed by atoms with van der Waals surface area (Å²) in [6.07, 6.45) is 2.01. The summed E-state index contributed by atoms with van der Waals surface area (Å²) in [6.45, 7) is 4.41. The molecule has 2 rings (SSSR count). The number of hydrogen-bond acceptors (Lipinski definition) is 4. The smallest absolute Gasteiger partial charge is 0.269 e. The number of thioether (sulfide) groups is 1. The molecule has 1 aromatic rings. The van der Waals surface area contributed by atoms with Crippen LogP contribution >= 0.6 is 11.8 Å². The monoisotopic (exact) mass is 310 g/mol. The van der Waals surface area contributed by atoms with Gasteiger partial charge in [0.1, 0.15) is 5.69 Å². The molecule has 1 aromatic heterocycles. The maximum atomic E-state index is 12.1. The molecular formula is C14H22N4O2S. The maximum Gasteiger partial charge on any atom is 0.269 e. The molecule has 1 saturated heterocycles. The summed E-state index contributed by atoms with van der Waals surface area (Å²) < 4.78 is 1.64. The third-order valence-corrected chi connectivity index (χ3v) is 4.48. The minimum Gasteiger partial charge on any atom is -0.352 e. The fraction of sp³-hybridized carbons (Fsp3) is 0.643. The first-order chi connectivity index (χ1) is 10.1. The predicted octanol–water partition coefficient (Wildman–Crippen LogP) is 0.953. The summed E-state index contributed by atoms with van der Waals surface area (Å²) in [4.78, 5) is 23.9. The van der Waals surface area contributed by atoms with Crippen molar-refractivity contribution >= 4 is 23.6 Å². The first kappa shape index (κ1) is 15.9. The molecule has 7 heteroatoms. The van der Waals surface area contributed by atoms with Gasteiger partial charge in [-0.15, -0.1) is 0 Å². The molecule has 116 valence electrons. The minimum atomic E-state index is -0.258. The van der Waals surface area contributed by atoms with Crippen molar-refractivity contribution in [2.75, 3.05) is 18.1 Å². The van der Waals surface area contributed by atoms with Gasteiger partial charge in [-0.1, -0.05) is 0 Å². The van der Waals surface area contributed by atoms with E-state index in [0.29, 0.717) is 12.2 Å². The zero-order valence-corrected chi connectivity index (χ0v) is 13.3. The van der Waals surface area contributed by atoms with E-state index in [1.54, 1.807) is 10.7 Å². The van der Waals surface area contributed by atoms with E-state index in [4.69, 9.17) is 0 Å². The van der Waals surface area contributed by atoms with Crippen LogP contribution in [-0.2, 0) is 11.3 Å². The van der Waals surface area contributed by atoms with Crippen LogP contribution in [0.5, 0.6) is 0 Å². The van der Waals surface area contributed by atoms with Crippen molar-refractivity contribution in [2.24, 2.45) is 0 Å². The molecule has 1 aliphatic rings. The van der Waals surface area contributed by atoms with Gasteiger partial charge in [0.15, 0.2) is 0 Å². The van der Waals surface area contributed by atoms with E-state index in [0.717, 1.165) is 30.0 Å². The number of hydrogen-bond donors (Lipinski definition) is 2. The van der Waals surface area contributed by atoms with Crippen LogP contribution < -0.4 is 10.6 Å². The van der Waals surface area contributed by atoms with E-state index < -0.39 is 0 Å². The molecule has 0 saturated carbocycles. The summed E-state index contributed by atoms with van der Waals surface area (Å²) in [7, 11) is 0. The lowest BCUT2D eigenvalue weighted by atomic mass is 10.1. The van der Waals surface area contributed by atoms with Gasteiger partial charge in [0.25, 0.3) is 5.91 Å². The molecule has 1 fully saturated rings. The number of carbonyl (C=O) groups is 2. The highest BCUT2D eigenvalue weighted by molar-refractivity contribution is 7.99. The number of aromatic nitrogens is 2. The molecule has 0 aromatic carbocycles. The quantitative estimate of drug-likeness (QED) is 0.849. The Morgan fingerprint density at radius 3 is 2.81 bits per heavy atom. The van der Waals surface area contributed by atoms with E-state index in [-0.39, 0.29) is 24.4 Å². The standard InChI is InChI=1S/C14H22N4O2S/c1-3-18-12(8-10(2)17-18)14(20)15-9-13(19)16-11-4-6-21-7-5-11/h8,11H,3-7,9H2,1-2H3,(H,15,20)(H,16,19). The first-order valence-electron chi connectivity index (χ1n) is 7.30. The van der Waals surface area contributed by atoms with Crippen LogP contribution in [0.3, 0.4) is 0 Å². The number of amides is 2. The van der Waals surface area contributed by atoms with Crippen LogP contribution in [0.2, 0.25) is 0 Å². The molecule has 0 radical (unpaired) electrons. The predicted molar refractivity (Wildman–Crippen MR) is 83.5 cm³/mol. The molecule has 0 bridgehead atoms. The van der Waals surface area contributed by atoms with Gasteiger partial charge in [0.2, 0.25) is 5.91 Å². The number of rotatable bonds is 5. The molecule has 0 spiro atoms. The Labute approximate surface area is 129 Å². The second-order valence-electron chi connectivity index (χ2n) is 5.12. The largest absolute Gasteiger partial charge is 0.352 e. The van der Waals surface area contributed by atoms with E-state index in [9.17, 15) is 9.59 Å². The van der Waals surface area contributed by atoms with Crippen LogP contribution in [0.1, 0.15) is 35.9 Å². The third-order valence-electron chi connectivity index (χ3n) is 3.43. The molecule has 0 aliphatic carbocycles. The van der Waals surface area contributed by atoms with Gasteiger partial charge in [-0.05, 0) is 44.3 Å². The van der Waals surface area contributed by atoms with Gasteiger partial charge < -0.3 is 10.6 Å². The number of nitrogens with one attached hydrogen (secondary N) is 2. The molecule has 6 nitrogen and oxygen atoms in total. The number of nitrogens with zero attached hydrogens (tertiary/aromatic N) is 2. The van der Waals surface area contributed by atoms with Crippen molar-refractivity contribution in [1.82, 2.24) is 20.4 Å². The average Bonchev–Trinajstić information content (AvgIpc) is 2.87. The van der Waals surface area contributed by atoms with E-state index in [2.05, 4.69) is 15.7 Å². The Balaban J connectivity index is 1.81. The van der Waals surface area contributed by atoms with Crippen molar-refractivity contribution < 1.29 is 9.59 Å². The van der Waals surface area contributed by atoms with Gasteiger partial charge in [-0.2, -0.15) is 16.9 Å². The lowest BCUT2D eigenvalue weighted by Gasteiger charge is -2.22. The van der Waals surface area contributed by atoms with E-state index in [1.165, 1.54) is 0 Å². The fourth-order valence-corrected chi connectivity index (χ4v) is 3.45. The Kier molecular flexibility index (Phi) is 5.67. The van der Waals surface area contributed by atoms with E-state index in [1.807, 2.05) is 25.6 Å². The Bertz CT molecular complexity index is 509. The molecule has 0 atom stereocenters. The lowest BCUT2D eigenvalue weighted by molar-refractivity contribution is -0.120. The van der Waals surface area contributed by atoms with Crippen LogP contribution in [0.15, 0.2) is 6.07 Å². The minimum absolute atomic E-state index is 0.0103. The van der Waals surface area contributed by atoms with Gasteiger partial charge in [-0.25, -0.2) is 0 Å². The van der Waals surface area contributed by atoms with Gasteiger partial charge in [0, 0.05) is 12.6 Å². The Morgan fingerprint density at radius 2 is 2.14 bits per heavy atom. The van der Waals surface area contributed by atoms with Gasteiger partial charge in [-0.3, -0.25) is 14.3 Å². The molecule has 1 aliphatic heterocycles. The van der Waals surface area contributed by atoms with Crippen molar-refractivity contribution in [3.63, 3.8) is 0 Å². The topological polar surface area (TPSA) is 76.0 Å².